The first-order chi connectivity index (χ1) is 7.88. The summed E-state index contributed by atoms with van der Waals surface area (Å²) in [6, 6.07) is 0. The van der Waals surface area contributed by atoms with Gasteiger partial charge >= 0.3 is 0 Å². The topological polar surface area (TPSA) is 91.7 Å². The highest BCUT2D eigenvalue weighted by atomic mass is 16.3. The first-order valence-electron chi connectivity index (χ1n) is 5.07. The zero-order valence-corrected chi connectivity index (χ0v) is 8.80. The Morgan fingerprint density at radius 1 is 1.44 bits per heavy atom. The van der Waals surface area contributed by atoms with Crippen molar-refractivity contribution in [3.8, 4) is 0 Å². The van der Waals surface area contributed by atoms with Crippen molar-refractivity contribution in [1.29, 1.82) is 0 Å². The second kappa shape index (κ2) is 5.38. The Morgan fingerprint density at radius 3 is 3.12 bits per heavy atom. The summed E-state index contributed by atoms with van der Waals surface area (Å²) in [5.41, 5.74) is 0.847. The number of rotatable bonds is 6. The quantitative estimate of drug-likeness (QED) is 0.600. The molecule has 0 aliphatic rings. The number of nitrogens with zero attached hydrogens (tertiary/aromatic N) is 4. The molecule has 0 atom stereocenters. The van der Waals surface area contributed by atoms with Crippen molar-refractivity contribution < 1.29 is 5.11 Å². The molecule has 0 amide bonds. The van der Waals surface area contributed by atoms with Crippen molar-refractivity contribution in [2.45, 2.75) is 19.6 Å². The number of imidazole rings is 1. The van der Waals surface area contributed by atoms with Gasteiger partial charge in [-0.05, 0) is 0 Å². The van der Waals surface area contributed by atoms with E-state index in [1.807, 2.05) is 6.20 Å². The van der Waals surface area contributed by atoms with Gasteiger partial charge < -0.3 is 15.4 Å². The van der Waals surface area contributed by atoms with Gasteiger partial charge in [0.05, 0.1) is 25.4 Å². The van der Waals surface area contributed by atoms with Gasteiger partial charge in [-0.15, -0.1) is 5.10 Å². The minimum atomic E-state index is 0.0720. The third-order valence-corrected chi connectivity index (χ3v) is 2.07. The van der Waals surface area contributed by atoms with Gasteiger partial charge in [0.25, 0.3) is 0 Å². The third-order valence-electron chi connectivity index (χ3n) is 2.07. The largest absolute Gasteiger partial charge is 0.394 e. The Morgan fingerprint density at radius 2 is 2.38 bits per heavy atom. The van der Waals surface area contributed by atoms with E-state index < -0.39 is 0 Å². The fourth-order valence-corrected chi connectivity index (χ4v) is 1.33. The van der Waals surface area contributed by atoms with Gasteiger partial charge in [0.2, 0.25) is 0 Å². The maximum atomic E-state index is 8.71. The average molecular weight is 222 g/mol. The predicted octanol–water partition coefficient (Wildman–Crippen LogP) is -0.717. The van der Waals surface area contributed by atoms with E-state index in [-0.39, 0.29) is 6.61 Å². The zero-order chi connectivity index (χ0) is 11.2. The summed E-state index contributed by atoms with van der Waals surface area (Å²) in [6.45, 7) is 1.85. The van der Waals surface area contributed by atoms with E-state index in [0.29, 0.717) is 19.6 Å². The van der Waals surface area contributed by atoms with Crippen molar-refractivity contribution in [2.75, 3.05) is 6.61 Å². The van der Waals surface area contributed by atoms with Gasteiger partial charge in [-0.1, -0.05) is 5.21 Å². The molecule has 7 heteroatoms. The zero-order valence-electron chi connectivity index (χ0n) is 8.80. The fourth-order valence-electron chi connectivity index (χ4n) is 1.33. The molecule has 0 aliphatic heterocycles. The van der Waals surface area contributed by atoms with E-state index >= 15 is 0 Å². The molecule has 0 fully saturated rings. The van der Waals surface area contributed by atoms with Gasteiger partial charge in [0, 0.05) is 25.1 Å². The summed E-state index contributed by atoms with van der Waals surface area (Å²) in [7, 11) is 0. The van der Waals surface area contributed by atoms with E-state index in [0.717, 1.165) is 11.5 Å². The van der Waals surface area contributed by atoms with Crippen LogP contribution < -0.4 is 5.32 Å². The lowest BCUT2D eigenvalue weighted by Crippen LogP contribution is -2.13. The molecule has 2 heterocycles. The number of aromatic nitrogens is 5. The number of hydrogen-bond acceptors (Lipinski definition) is 5. The van der Waals surface area contributed by atoms with E-state index in [2.05, 4.69) is 25.6 Å². The molecule has 86 valence electrons. The fraction of sp³-hybridized carbons (Fsp3) is 0.444. The summed E-state index contributed by atoms with van der Waals surface area (Å²) in [4.78, 5) is 7.09. The first-order valence-corrected chi connectivity index (χ1v) is 5.07. The van der Waals surface area contributed by atoms with Crippen LogP contribution in [0.1, 0.15) is 11.5 Å². The molecule has 0 bridgehead atoms. The maximum absolute atomic E-state index is 8.71. The third kappa shape index (κ3) is 2.88. The van der Waals surface area contributed by atoms with Crippen LogP contribution in [0.4, 0.5) is 0 Å². The van der Waals surface area contributed by atoms with Gasteiger partial charge in [-0.25, -0.2) is 9.67 Å². The van der Waals surface area contributed by atoms with Crippen molar-refractivity contribution in [3.63, 3.8) is 0 Å². The Hall–Kier alpha value is -1.73. The van der Waals surface area contributed by atoms with Crippen LogP contribution in [-0.4, -0.2) is 36.7 Å². The Bertz CT molecular complexity index is 409. The molecule has 2 rings (SSSR count). The van der Waals surface area contributed by atoms with Gasteiger partial charge in [0.1, 0.15) is 5.82 Å². The van der Waals surface area contributed by atoms with Crippen LogP contribution in [0.3, 0.4) is 0 Å². The molecule has 2 aromatic heterocycles. The van der Waals surface area contributed by atoms with Crippen molar-refractivity contribution in [1.82, 2.24) is 30.3 Å². The normalized spacial score (nSPS) is 10.8. The first kappa shape index (κ1) is 10.8. The standard InChI is InChI=1S/C9H14N6O/c16-4-3-15-7-8(13-14-15)5-10-6-9-11-1-2-12-9/h1-2,7,10,16H,3-6H2,(H,11,12). The van der Waals surface area contributed by atoms with Gasteiger partial charge in [-0.2, -0.15) is 0 Å². The van der Waals surface area contributed by atoms with Crippen molar-refractivity contribution in [2.24, 2.45) is 0 Å². The number of aromatic amines is 1. The molecular weight excluding hydrogens is 208 g/mol. The van der Waals surface area contributed by atoms with Crippen LogP contribution in [0.5, 0.6) is 0 Å². The molecule has 0 aliphatic carbocycles. The lowest BCUT2D eigenvalue weighted by Gasteiger charge is -1.98. The highest BCUT2D eigenvalue weighted by molar-refractivity contribution is 4.93. The second-order valence-corrected chi connectivity index (χ2v) is 3.34. The van der Waals surface area contributed by atoms with Crippen molar-refractivity contribution >= 4 is 0 Å². The van der Waals surface area contributed by atoms with Crippen LogP contribution in [0.25, 0.3) is 0 Å². The lowest BCUT2D eigenvalue weighted by atomic mass is 10.4. The number of aliphatic hydroxyl groups excluding tert-OH is 1. The summed E-state index contributed by atoms with van der Waals surface area (Å²) in [5, 5.41) is 19.7. The predicted molar refractivity (Wildman–Crippen MR) is 56.2 cm³/mol. The number of aliphatic hydroxyl groups is 1. The molecular formula is C9H14N6O. The van der Waals surface area contributed by atoms with Crippen LogP contribution in [0.2, 0.25) is 0 Å². The molecule has 2 aromatic rings. The number of nitrogens with one attached hydrogen (secondary N) is 2. The van der Waals surface area contributed by atoms with Crippen LogP contribution in [-0.2, 0) is 19.6 Å². The van der Waals surface area contributed by atoms with Crippen LogP contribution in [0, 0.1) is 0 Å². The molecule has 3 N–H and O–H groups in total. The van der Waals surface area contributed by atoms with Crippen LogP contribution >= 0.6 is 0 Å². The molecule has 0 radical (unpaired) electrons. The number of hydrogen-bond donors (Lipinski definition) is 3. The monoisotopic (exact) mass is 222 g/mol. The van der Waals surface area contributed by atoms with Crippen molar-refractivity contribution in [3.05, 3.63) is 30.1 Å². The second-order valence-electron chi connectivity index (χ2n) is 3.34. The van der Waals surface area contributed by atoms with Gasteiger partial charge in [0.15, 0.2) is 0 Å². The smallest absolute Gasteiger partial charge is 0.120 e. The van der Waals surface area contributed by atoms with E-state index in [9.17, 15) is 0 Å². The van der Waals surface area contributed by atoms with E-state index in [4.69, 9.17) is 5.11 Å². The Balaban J connectivity index is 1.76. The molecule has 0 spiro atoms. The minimum Gasteiger partial charge on any atom is -0.394 e. The summed E-state index contributed by atoms with van der Waals surface area (Å²) in [5.74, 6) is 0.891. The van der Waals surface area contributed by atoms with Gasteiger partial charge in [-0.3, -0.25) is 0 Å². The average Bonchev–Trinajstić information content (AvgIpc) is 2.90. The highest BCUT2D eigenvalue weighted by Gasteiger charge is 2.00. The molecule has 0 saturated heterocycles. The van der Waals surface area contributed by atoms with E-state index in [1.54, 1.807) is 17.1 Å². The molecule has 16 heavy (non-hydrogen) atoms. The molecule has 7 nitrogen and oxygen atoms in total. The lowest BCUT2D eigenvalue weighted by molar-refractivity contribution is 0.268. The molecule has 0 saturated carbocycles. The Labute approximate surface area is 92.5 Å². The minimum absolute atomic E-state index is 0.0720. The molecule has 0 aromatic carbocycles. The molecule has 0 unspecified atom stereocenters. The summed E-state index contributed by atoms with van der Waals surface area (Å²) >= 11 is 0. The highest BCUT2D eigenvalue weighted by Crippen LogP contribution is 1.94. The summed E-state index contributed by atoms with van der Waals surface area (Å²) in [6.07, 6.45) is 5.31. The number of H-pyrrole nitrogens is 1. The Kier molecular flexibility index (Phi) is 3.62. The maximum Gasteiger partial charge on any atom is 0.120 e. The van der Waals surface area contributed by atoms with Crippen LogP contribution in [0.15, 0.2) is 18.6 Å². The van der Waals surface area contributed by atoms with E-state index in [1.165, 1.54) is 0 Å². The summed E-state index contributed by atoms with van der Waals surface area (Å²) < 4.78 is 1.61. The SMILES string of the molecule is OCCn1cc(CNCc2ncc[nH]2)nn1.